The number of ketones is 2. The number of hydrogen-bond acceptors (Lipinski definition) is 6. The Kier molecular flexibility index (Phi) is 10.8. The third-order valence-corrected chi connectivity index (χ3v) is 7.63. The number of nitrogens with one attached hydrogen (secondary N) is 2. The molecule has 0 bridgehead atoms. The first-order chi connectivity index (χ1) is 21.3. The molecule has 238 valence electrons. The molecule has 1 saturated heterocycles. The number of carbonyl (C=O) groups excluding carboxylic acids is 4. The van der Waals surface area contributed by atoms with E-state index >= 15 is 0 Å². The molecule has 4 atom stereocenters. The van der Waals surface area contributed by atoms with Crippen LogP contribution in [0.4, 0.5) is 18.0 Å². The Bertz CT molecular complexity index is 1480. The summed E-state index contributed by atoms with van der Waals surface area (Å²) in [4.78, 5) is 52.6. The minimum Gasteiger partial charge on any atom is -0.445 e. The second-order valence-corrected chi connectivity index (χ2v) is 11.3. The van der Waals surface area contributed by atoms with Crippen molar-refractivity contribution in [3.63, 3.8) is 0 Å². The highest BCUT2D eigenvalue weighted by Crippen LogP contribution is 2.31. The fourth-order valence-corrected chi connectivity index (χ4v) is 4.78. The zero-order valence-corrected chi connectivity index (χ0v) is 24.9. The van der Waals surface area contributed by atoms with Gasteiger partial charge in [0.25, 0.3) is 0 Å². The molecule has 0 aromatic heterocycles. The lowest BCUT2D eigenvalue weighted by Gasteiger charge is -2.24. The Labute approximate surface area is 259 Å². The smallest absolute Gasteiger partial charge is 0.416 e. The van der Waals surface area contributed by atoms with E-state index in [9.17, 15) is 32.3 Å². The van der Waals surface area contributed by atoms with Crippen LogP contribution in [0.2, 0.25) is 0 Å². The van der Waals surface area contributed by atoms with E-state index in [0.717, 1.165) is 23.3 Å². The molecule has 0 unspecified atom stereocenters. The van der Waals surface area contributed by atoms with E-state index in [1.165, 1.54) is 19.1 Å². The van der Waals surface area contributed by atoms with Gasteiger partial charge in [-0.1, -0.05) is 72.8 Å². The van der Waals surface area contributed by atoms with Crippen LogP contribution in [0.15, 0.2) is 84.9 Å². The summed E-state index contributed by atoms with van der Waals surface area (Å²) in [6.07, 6.45) is -5.62. The maximum atomic E-state index is 13.7. The average Bonchev–Trinajstić information content (AvgIpc) is 3.78. The minimum absolute atomic E-state index is 0.00794. The Balaban J connectivity index is 1.48. The number of carbonyl (C=O) groups is 4. The fourth-order valence-electron chi connectivity index (χ4n) is 4.78. The molecule has 0 spiro atoms. The monoisotopic (exact) mass is 624 g/mol. The van der Waals surface area contributed by atoms with Gasteiger partial charge in [-0.2, -0.15) is 13.2 Å². The lowest BCUT2D eigenvalue weighted by Crippen LogP contribution is -2.50. The highest BCUT2D eigenvalue weighted by atomic mass is 19.4. The van der Waals surface area contributed by atoms with Crippen molar-refractivity contribution in [3.8, 4) is 0 Å². The molecule has 3 aromatic carbocycles. The van der Waals surface area contributed by atoms with Gasteiger partial charge in [0, 0.05) is 12.3 Å². The van der Waals surface area contributed by atoms with Gasteiger partial charge < -0.3 is 20.1 Å². The number of alkyl halides is 3. The van der Waals surface area contributed by atoms with Crippen LogP contribution in [0, 0.1) is 5.92 Å². The van der Waals surface area contributed by atoms with Crippen LogP contribution in [-0.4, -0.2) is 47.9 Å². The lowest BCUT2D eigenvalue weighted by molar-refractivity contribution is -0.137. The summed E-state index contributed by atoms with van der Waals surface area (Å²) < 4.78 is 49.9. The second-order valence-electron chi connectivity index (χ2n) is 11.3. The topological polar surface area (TPSA) is 114 Å². The number of ether oxygens (including phenoxy) is 2. The molecule has 8 nitrogen and oxygen atoms in total. The van der Waals surface area contributed by atoms with Gasteiger partial charge in [-0.3, -0.25) is 14.4 Å². The molecular formula is C34H35F3N2O6. The molecule has 0 aliphatic carbocycles. The second kappa shape index (κ2) is 14.5. The van der Waals surface area contributed by atoms with Crippen molar-refractivity contribution in [1.82, 2.24) is 10.6 Å². The van der Waals surface area contributed by atoms with Crippen LogP contribution in [0.3, 0.4) is 0 Å². The highest BCUT2D eigenvalue weighted by Gasteiger charge is 2.50. The quantitative estimate of drug-likeness (QED) is 0.238. The third-order valence-electron chi connectivity index (χ3n) is 7.63. The van der Waals surface area contributed by atoms with Crippen molar-refractivity contribution in [3.05, 3.63) is 107 Å². The van der Waals surface area contributed by atoms with Gasteiger partial charge in [0.05, 0.1) is 24.3 Å². The minimum atomic E-state index is -4.53. The van der Waals surface area contributed by atoms with E-state index in [0.29, 0.717) is 5.56 Å². The van der Waals surface area contributed by atoms with E-state index in [1.54, 1.807) is 43.3 Å². The van der Waals surface area contributed by atoms with Gasteiger partial charge in [-0.25, -0.2) is 4.79 Å². The summed E-state index contributed by atoms with van der Waals surface area (Å²) >= 11 is 0. The molecule has 0 saturated carbocycles. The normalized spacial score (nSPS) is 17.8. The molecule has 0 radical (unpaired) electrons. The van der Waals surface area contributed by atoms with Crippen LogP contribution in [0.5, 0.6) is 0 Å². The molecule has 2 amide bonds. The summed E-state index contributed by atoms with van der Waals surface area (Å²) in [5.41, 5.74) is 0.0560. The van der Waals surface area contributed by atoms with Crippen molar-refractivity contribution >= 4 is 23.6 Å². The van der Waals surface area contributed by atoms with Crippen molar-refractivity contribution < 1.29 is 41.8 Å². The Morgan fingerprint density at radius 3 is 1.96 bits per heavy atom. The number of rotatable bonds is 14. The van der Waals surface area contributed by atoms with E-state index < -0.39 is 53.1 Å². The first-order valence-corrected chi connectivity index (χ1v) is 14.5. The summed E-state index contributed by atoms with van der Waals surface area (Å²) in [7, 11) is 0. The molecule has 45 heavy (non-hydrogen) atoms. The maximum Gasteiger partial charge on any atom is 0.416 e. The predicted octanol–water partition coefficient (Wildman–Crippen LogP) is 5.22. The van der Waals surface area contributed by atoms with Crippen molar-refractivity contribution in [2.45, 2.75) is 63.6 Å². The van der Waals surface area contributed by atoms with Gasteiger partial charge in [-0.15, -0.1) is 0 Å². The molecule has 2 N–H and O–H groups in total. The molecule has 4 rings (SSSR count). The summed E-state index contributed by atoms with van der Waals surface area (Å²) in [6, 6.07) is 20.3. The van der Waals surface area contributed by atoms with Gasteiger partial charge in [0.1, 0.15) is 12.2 Å². The van der Waals surface area contributed by atoms with Gasteiger partial charge in [0.15, 0.2) is 11.6 Å². The molecule has 3 aromatic rings. The molecule has 11 heteroatoms. The number of benzene rings is 3. The maximum absolute atomic E-state index is 13.7. The summed E-state index contributed by atoms with van der Waals surface area (Å²) in [6.45, 7) is 3.29. The summed E-state index contributed by atoms with van der Waals surface area (Å²) in [5.74, 6) is -2.50. The van der Waals surface area contributed by atoms with Crippen LogP contribution >= 0.6 is 0 Å². The number of halogens is 3. The largest absolute Gasteiger partial charge is 0.445 e. The van der Waals surface area contributed by atoms with Crippen LogP contribution in [-0.2, 0) is 49.5 Å². The SMILES string of the molecule is C[C@@H](NC(=O)OCc1ccccc1)C(=O)C[C@@H](Cc1ccc(C(F)(F)F)cc1)C(=O)N[C@@H](Cc1ccccc1)C(=O)[C@@]1(C)CO1. The molecule has 1 fully saturated rings. The van der Waals surface area contributed by atoms with Gasteiger partial charge >= 0.3 is 12.3 Å². The molecule has 1 heterocycles. The highest BCUT2D eigenvalue weighted by molar-refractivity contribution is 5.98. The van der Waals surface area contributed by atoms with E-state index in [1.807, 2.05) is 24.3 Å². The molecule has 1 aliphatic rings. The summed E-state index contributed by atoms with van der Waals surface area (Å²) in [5, 5.41) is 5.24. The van der Waals surface area contributed by atoms with E-state index in [-0.39, 0.29) is 38.3 Å². The molecular weight excluding hydrogens is 589 g/mol. The fraction of sp³-hybridized carbons (Fsp3) is 0.353. The Morgan fingerprint density at radius 1 is 0.844 bits per heavy atom. The van der Waals surface area contributed by atoms with Crippen molar-refractivity contribution in [2.24, 2.45) is 5.92 Å². The van der Waals surface area contributed by atoms with Gasteiger partial charge in [-0.05, 0) is 55.5 Å². The number of hydrogen-bond donors (Lipinski definition) is 2. The number of amides is 2. The standard InChI is InChI=1S/C34H35F3N2O6/c1-22(38-32(43)44-20-25-11-7-4-8-12-25)29(40)19-26(17-24-13-15-27(16-14-24)34(35,36)37)31(42)39-28(30(41)33(2)21-45-33)18-23-9-5-3-6-10-23/h3-16,22,26,28H,17-21H2,1-2H3,(H,38,43)(H,39,42)/t22-,26-,28+,33-/m1/s1. The molecule has 1 aliphatic heterocycles. The predicted molar refractivity (Wildman–Crippen MR) is 159 cm³/mol. The van der Waals surface area contributed by atoms with E-state index in [2.05, 4.69) is 10.6 Å². The van der Waals surface area contributed by atoms with Crippen molar-refractivity contribution in [2.75, 3.05) is 6.61 Å². The zero-order valence-electron chi connectivity index (χ0n) is 24.9. The van der Waals surface area contributed by atoms with Crippen molar-refractivity contribution in [1.29, 1.82) is 0 Å². The third kappa shape index (κ3) is 9.74. The van der Waals surface area contributed by atoms with E-state index in [4.69, 9.17) is 9.47 Å². The first kappa shape index (κ1) is 33.4. The van der Waals surface area contributed by atoms with Crippen LogP contribution in [0.1, 0.15) is 42.5 Å². The first-order valence-electron chi connectivity index (χ1n) is 14.5. The number of epoxide rings is 1. The lowest BCUT2D eigenvalue weighted by atomic mass is 9.89. The Hall–Kier alpha value is -4.51. The van der Waals surface area contributed by atoms with Crippen LogP contribution < -0.4 is 10.6 Å². The average molecular weight is 625 g/mol. The van der Waals surface area contributed by atoms with Crippen LogP contribution in [0.25, 0.3) is 0 Å². The zero-order chi connectivity index (χ0) is 32.6. The number of Topliss-reactive ketones (excluding diaryl/α,β-unsaturated/α-hetero) is 2. The van der Waals surface area contributed by atoms with Gasteiger partial charge in [0.2, 0.25) is 5.91 Å². The number of alkyl carbamates (subject to hydrolysis) is 1. The Morgan fingerprint density at radius 2 is 1.40 bits per heavy atom.